The van der Waals surface area contributed by atoms with E-state index in [1.54, 1.807) is 6.92 Å². The summed E-state index contributed by atoms with van der Waals surface area (Å²) in [4.78, 5) is 36.2. The van der Waals surface area contributed by atoms with E-state index in [4.69, 9.17) is 9.47 Å². The number of nitrogens with one attached hydrogen (secondary N) is 2. The number of hydrogen-bond acceptors (Lipinski definition) is 6. The van der Waals surface area contributed by atoms with Crippen molar-refractivity contribution in [3.63, 3.8) is 0 Å². The van der Waals surface area contributed by atoms with E-state index >= 15 is 0 Å². The third kappa shape index (κ3) is 7.49. The molecule has 0 spiro atoms. The molecule has 0 bridgehead atoms. The number of amides is 2. The van der Waals surface area contributed by atoms with Crippen LogP contribution in [0.4, 0.5) is 0 Å². The number of aliphatic carboxylic acids is 1. The number of hydrogen-bond donors (Lipinski definition) is 4. The van der Waals surface area contributed by atoms with Crippen LogP contribution in [0.1, 0.15) is 26.3 Å². The van der Waals surface area contributed by atoms with E-state index in [1.807, 2.05) is 30.3 Å². The van der Waals surface area contributed by atoms with Gasteiger partial charge in [0, 0.05) is 7.11 Å². The lowest BCUT2D eigenvalue weighted by atomic mass is 10.0. The molecule has 1 aromatic carbocycles. The van der Waals surface area contributed by atoms with Gasteiger partial charge in [-0.25, -0.2) is 4.79 Å². The van der Waals surface area contributed by atoms with E-state index in [0.29, 0.717) is 0 Å². The molecule has 156 valence electrons. The Morgan fingerprint density at radius 2 is 1.82 bits per heavy atom. The van der Waals surface area contributed by atoms with Crippen LogP contribution in [-0.2, 0) is 30.5 Å². The molecular formula is C19H28N2O6S. The Morgan fingerprint density at radius 3 is 2.36 bits per heavy atom. The number of carbonyl (C=O) groups excluding carboxylic acids is 2. The molecular weight excluding hydrogens is 384 g/mol. The molecule has 8 nitrogen and oxygen atoms in total. The first-order valence-corrected chi connectivity index (χ1v) is 9.28. The highest BCUT2D eigenvalue weighted by Gasteiger charge is 2.35. The van der Waals surface area contributed by atoms with Crippen LogP contribution < -0.4 is 10.6 Å². The minimum absolute atomic E-state index is 0.212. The fraction of sp³-hybridized carbons (Fsp3) is 0.526. The SMILES string of the molecule is COC(C)[C@H](S)C(=O)NC(C)(C)C(=O)N[C@@H](COCc1ccccc1)C(=O)O. The summed E-state index contributed by atoms with van der Waals surface area (Å²) >= 11 is 4.18. The quantitative estimate of drug-likeness (QED) is 0.403. The predicted molar refractivity (Wildman–Crippen MR) is 107 cm³/mol. The minimum Gasteiger partial charge on any atom is -0.480 e. The Bertz CT molecular complexity index is 668. The normalized spacial score (nSPS) is 14.6. The van der Waals surface area contributed by atoms with Crippen LogP contribution in [0, 0.1) is 0 Å². The largest absolute Gasteiger partial charge is 0.480 e. The Hall–Kier alpha value is -2.10. The molecule has 0 aliphatic carbocycles. The van der Waals surface area contributed by atoms with E-state index < -0.39 is 40.7 Å². The number of ether oxygens (including phenoxy) is 2. The number of carbonyl (C=O) groups is 3. The molecule has 0 aliphatic rings. The Balaban J connectivity index is 2.63. The van der Waals surface area contributed by atoms with Crippen LogP contribution in [0.25, 0.3) is 0 Å². The van der Waals surface area contributed by atoms with Gasteiger partial charge in [-0.15, -0.1) is 0 Å². The molecule has 0 radical (unpaired) electrons. The summed E-state index contributed by atoms with van der Waals surface area (Å²) in [6, 6.07) is 8.00. The van der Waals surface area contributed by atoms with Crippen molar-refractivity contribution in [3.05, 3.63) is 35.9 Å². The molecule has 2 amide bonds. The predicted octanol–water partition coefficient (Wildman–Crippen LogP) is 1.00. The second-order valence-electron chi connectivity index (χ2n) is 6.86. The van der Waals surface area contributed by atoms with Gasteiger partial charge in [0.25, 0.3) is 0 Å². The summed E-state index contributed by atoms with van der Waals surface area (Å²) in [6.07, 6.45) is -0.458. The van der Waals surface area contributed by atoms with Gasteiger partial charge in [0.2, 0.25) is 11.8 Å². The number of benzene rings is 1. The van der Waals surface area contributed by atoms with Crippen LogP contribution in [-0.4, -0.2) is 59.5 Å². The smallest absolute Gasteiger partial charge is 0.328 e. The van der Waals surface area contributed by atoms with E-state index in [2.05, 4.69) is 23.3 Å². The van der Waals surface area contributed by atoms with Crippen LogP contribution >= 0.6 is 12.6 Å². The lowest BCUT2D eigenvalue weighted by Gasteiger charge is -2.29. The zero-order valence-electron chi connectivity index (χ0n) is 16.5. The Labute approximate surface area is 170 Å². The fourth-order valence-electron chi connectivity index (χ4n) is 2.16. The molecule has 1 aromatic rings. The molecule has 9 heteroatoms. The average molecular weight is 413 g/mol. The fourth-order valence-corrected chi connectivity index (χ4v) is 2.35. The topological polar surface area (TPSA) is 114 Å². The molecule has 0 aromatic heterocycles. The lowest BCUT2D eigenvalue weighted by Crippen LogP contribution is -2.60. The first-order valence-electron chi connectivity index (χ1n) is 8.76. The summed E-state index contributed by atoms with van der Waals surface area (Å²) in [5.41, 5.74) is -0.462. The molecule has 0 saturated carbocycles. The van der Waals surface area contributed by atoms with Gasteiger partial charge in [-0.1, -0.05) is 30.3 Å². The van der Waals surface area contributed by atoms with Gasteiger partial charge >= 0.3 is 5.97 Å². The highest BCUT2D eigenvalue weighted by Crippen LogP contribution is 2.10. The average Bonchev–Trinajstić information content (AvgIpc) is 2.66. The van der Waals surface area contributed by atoms with Crippen molar-refractivity contribution < 1.29 is 29.0 Å². The maximum absolute atomic E-state index is 12.5. The molecule has 0 aliphatic heterocycles. The van der Waals surface area contributed by atoms with Crippen molar-refractivity contribution >= 4 is 30.4 Å². The summed E-state index contributed by atoms with van der Waals surface area (Å²) in [7, 11) is 1.45. The maximum atomic E-state index is 12.5. The molecule has 0 heterocycles. The zero-order valence-corrected chi connectivity index (χ0v) is 17.4. The second-order valence-corrected chi connectivity index (χ2v) is 7.42. The van der Waals surface area contributed by atoms with Crippen molar-refractivity contribution in [2.24, 2.45) is 0 Å². The first-order chi connectivity index (χ1) is 13.1. The molecule has 3 atom stereocenters. The van der Waals surface area contributed by atoms with Crippen LogP contribution in [0.2, 0.25) is 0 Å². The maximum Gasteiger partial charge on any atom is 0.328 e. The highest BCUT2D eigenvalue weighted by atomic mass is 32.1. The standard InChI is InChI=1S/C19H28N2O6S/c1-12(26-4)15(28)16(22)21-19(2,3)18(25)20-14(17(23)24)11-27-10-13-8-6-5-7-9-13/h5-9,12,14-15,28H,10-11H2,1-4H3,(H,20,25)(H,21,22)(H,23,24)/t12?,14-,15-/m0/s1. The number of carboxylic acid groups (broad SMARTS) is 1. The molecule has 3 N–H and O–H groups in total. The number of methoxy groups -OCH3 is 1. The second kappa shape index (κ2) is 11.0. The van der Waals surface area contributed by atoms with Gasteiger partial charge in [-0.05, 0) is 26.3 Å². The molecule has 1 rings (SSSR count). The monoisotopic (exact) mass is 412 g/mol. The van der Waals surface area contributed by atoms with Crippen LogP contribution in [0.15, 0.2) is 30.3 Å². The van der Waals surface area contributed by atoms with E-state index in [1.165, 1.54) is 21.0 Å². The van der Waals surface area contributed by atoms with Crippen LogP contribution in [0.5, 0.6) is 0 Å². The van der Waals surface area contributed by atoms with E-state index in [-0.39, 0.29) is 13.2 Å². The van der Waals surface area contributed by atoms with Gasteiger partial charge in [0.15, 0.2) is 6.04 Å². The Kier molecular flexibility index (Phi) is 9.44. The number of thiol groups is 1. The lowest BCUT2D eigenvalue weighted by molar-refractivity contribution is -0.145. The first kappa shape index (κ1) is 23.9. The number of carboxylic acids is 1. The van der Waals surface area contributed by atoms with Gasteiger partial charge in [0.1, 0.15) is 10.8 Å². The Morgan fingerprint density at radius 1 is 1.21 bits per heavy atom. The minimum atomic E-state index is -1.35. The summed E-state index contributed by atoms with van der Waals surface area (Å²) in [5, 5.41) is 13.5. The third-order valence-corrected chi connectivity index (χ3v) is 4.74. The number of rotatable bonds is 11. The van der Waals surface area contributed by atoms with Crippen molar-refractivity contribution in [2.75, 3.05) is 13.7 Å². The molecule has 0 saturated heterocycles. The zero-order chi connectivity index (χ0) is 21.3. The van der Waals surface area contributed by atoms with E-state index in [0.717, 1.165) is 5.56 Å². The highest BCUT2D eigenvalue weighted by molar-refractivity contribution is 7.81. The van der Waals surface area contributed by atoms with Crippen molar-refractivity contribution in [1.82, 2.24) is 10.6 Å². The van der Waals surface area contributed by atoms with Crippen molar-refractivity contribution in [2.45, 2.75) is 50.3 Å². The summed E-state index contributed by atoms with van der Waals surface area (Å²) in [5.74, 6) is -2.38. The summed E-state index contributed by atoms with van der Waals surface area (Å²) < 4.78 is 10.5. The van der Waals surface area contributed by atoms with Crippen molar-refractivity contribution in [3.8, 4) is 0 Å². The molecule has 28 heavy (non-hydrogen) atoms. The third-order valence-electron chi connectivity index (χ3n) is 4.09. The molecule has 1 unspecified atom stereocenters. The summed E-state index contributed by atoms with van der Waals surface area (Å²) in [6.45, 7) is 4.63. The van der Waals surface area contributed by atoms with Crippen LogP contribution in [0.3, 0.4) is 0 Å². The van der Waals surface area contributed by atoms with Gasteiger partial charge in [-0.2, -0.15) is 12.6 Å². The molecule has 0 fully saturated rings. The van der Waals surface area contributed by atoms with E-state index in [9.17, 15) is 19.5 Å². The van der Waals surface area contributed by atoms with Gasteiger partial charge in [-0.3, -0.25) is 9.59 Å². The van der Waals surface area contributed by atoms with Gasteiger partial charge < -0.3 is 25.2 Å². The van der Waals surface area contributed by atoms with Crippen molar-refractivity contribution in [1.29, 1.82) is 0 Å². The van der Waals surface area contributed by atoms with Gasteiger partial charge in [0.05, 0.1) is 19.3 Å².